The Labute approximate surface area is 84.2 Å². The second-order valence-electron chi connectivity index (χ2n) is 4.33. The quantitative estimate of drug-likeness (QED) is 0.675. The van der Waals surface area contributed by atoms with Gasteiger partial charge in [-0.3, -0.25) is 0 Å². The number of furan rings is 1. The molecule has 2 bridgehead atoms. The Kier molecular flexibility index (Phi) is 1.86. The van der Waals surface area contributed by atoms with Crippen LogP contribution in [-0.2, 0) is 0 Å². The van der Waals surface area contributed by atoms with Gasteiger partial charge in [0.25, 0.3) is 0 Å². The van der Waals surface area contributed by atoms with Crippen molar-refractivity contribution >= 4 is 6.08 Å². The summed E-state index contributed by atoms with van der Waals surface area (Å²) in [5.74, 6) is 0.943. The molecule has 0 aliphatic carbocycles. The van der Waals surface area contributed by atoms with Crippen LogP contribution in [0.1, 0.15) is 24.8 Å². The largest absolute Gasteiger partial charge is 0.472 e. The van der Waals surface area contributed by atoms with Gasteiger partial charge in [0.1, 0.15) is 0 Å². The molecule has 4 heterocycles. The number of rotatable bonds is 1. The molecule has 1 aromatic heterocycles. The van der Waals surface area contributed by atoms with Crippen LogP contribution in [0.2, 0.25) is 0 Å². The van der Waals surface area contributed by atoms with E-state index in [4.69, 9.17) is 4.42 Å². The third-order valence-electron chi connectivity index (χ3n) is 3.39. The van der Waals surface area contributed by atoms with Gasteiger partial charge in [0.2, 0.25) is 0 Å². The van der Waals surface area contributed by atoms with Crippen LogP contribution in [0.15, 0.2) is 28.7 Å². The van der Waals surface area contributed by atoms with Crippen LogP contribution < -0.4 is 0 Å². The van der Waals surface area contributed by atoms with Crippen LogP contribution >= 0.6 is 0 Å². The predicted octanol–water partition coefficient (Wildman–Crippen LogP) is 2.74. The van der Waals surface area contributed by atoms with Gasteiger partial charge in [0.05, 0.1) is 12.5 Å². The molecule has 3 aliphatic rings. The van der Waals surface area contributed by atoms with Crippen molar-refractivity contribution in [1.82, 2.24) is 4.90 Å². The fourth-order valence-electron chi connectivity index (χ4n) is 2.55. The summed E-state index contributed by atoms with van der Waals surface area (Å²) in [4.78, 5) is 2.52. The molecule has 0 aromatic carbocycles. The van der Waals surface area contributed by atoms with Crippen LogP contribution in [0, 0.1) is 5.92 Å². The average molecular weight is 189 g/mol. The number of hydrogen-bond donors (Lipinski definition) is 0. The summed E-state index contributed by atoms with van der Waals surface area (Å²) in [7, 11) is 0. The molecule has 0 saturated carbocycles. The summed E-state index contributed by atoms with van der Waals surface area (Å²) < 4.78 is 5.07. The van der Waals surface area contributed by atoms with Gasteiger partial charge in [-0.25, -0.2) is 0 Å². The van der Waals surface area contributed by atoms with Crippen LogP contribution in [0.5, 0.6) is 0 Å². The highest BCUT2D eigenvalue weighted by molar-refractivity contribution is 5.51. The van der Waals surface area contributed by atoms with Crippen molar-refractivity contribution in [2.45, 2.75) is 19.3 Å². The van der Waals surface area contributed by atoms with Gasteiger partial charge in [0.15, 0.2) is 0 Å². The molecule has 0 radical (unpaired) electrons. The van der Waals surface area contributed by atoms with E-state index in [1.165, 1.54) is 43.6 Å². The molecule has 0 amide bonds. The smallest absolute Gasteiger partial charge is 0.0975 e. The summed E-state index contributed by atoms with van der Waals surface area (Å²) in [6, 6.07) is 2.02. The standard InChI is InChI=1S/C12H15NO/c1-4-13-5-2-10(1)7-12(13)8-11-3-6-14-9-11/h3,6,8-10H,1-2,4-5,7H2/b12-8-. The molecule has 0 spiro atoms. The first-order valence-corrected chi connectivity index (χ1v) is 5.39. The van der Waals surface area contributed by atoms with E-state index >= 15 is 0 Å². The monoisotopic (exact) mass is 189 g/mol. The lowest BCUT2D eigenvalue weighted by Gasteiger charge is -2.42. The Bertz CT molecular complexity index is 331. The summed E-state index contributed by atoms with van der Waals surface area (Å²) in [6.45, 7) is 2.52. The highest BCUT2D eigenvalue weighted by Gasteiger charge is 2.28. The van der Waals surface area contributed by atoms with E-state index in [2.05, 4.69) is 11.0 Å². The number of allylic oxidation sites excluding steroid dienone is 1. The first kappa shape index (κ1) is 8.16. The molecule has 4 rings (SSSR count). The van der Waals surface area contributed by atoms with Crippen molar-refractivity contribution in [3.05, 3.63) is 29.9 Å². The van der Waals surface area contributed by atoms with Gasteiger partial charge in [-0.1, -0.05) is 0 Å². The molecular weight excluding hydrogens is 174 g/mol. The molecule has 0 unspecified atom stereocenters. The first-order valence-electron chi connectivity index (χ1n) is 5.39. The van der Waals surface area contributed by atoms with Gasteiger partial charge < -0.3 is 9.32 Å². The SMILES string of the molecule is C(=C1\CC2CCN1CC2)/c1ccoc1. The summed E-state index contributed by atoms with van der Waals surface area (Å²) in [5, 5.41) is 0. The van der Waals surface area contributed by atoms with Crippen molar-refractivity contribution in [1.29, 1.82) is 0 Å². The lowest BCUT2D eigenvalue weighted by molar-refractivity contribution is 0.163. The number of hydrogen-bond acceptors (Lipinski definition) is 2. The van der Waals surface area contributed by atoms with Crippen molar-refractivity contribution in [3.63, 3.8) is 0 Å². The van der Waals surface area contributed by atoms with E-state index in [1.54, 1.807) is 6.26 Å². The second kappa shape index (κ2) is 3.19. The maximum Gasteiger partial charge on any atom is 0.0975 e. The third-order valence-corrected chi connectivity index (χ3v) is 3.39. The third kappa shape index (κ3) is 1.35. The van der Waals surface area contributed by atoms with Crippen LogP contribution in [-0.4, -0.2) is 18.0 Å². The molecule has 3 aliphatic heterocycles. The molecule has 1 aromatic rings. The maximum atomic E-state index is 5.07. The Morgan fingerprint density at radius 2 is 2.21 bits per heavy atom. The molecule has 14 heavy (non-hydrogen) atoms. The van der Waals surface area contributed by atoms with Crippen LogP contribution in [0.4, 0.5) is 0 Å². The van der Waals surface area contributed by atoms with E-state index in [0.29, 0.717) is 0 Å². The highest BCUT2D eigenvalue weighted by atomic mass is 16.3. The van der Waals surface area contributed by atoms with E-state index < -0.39 is 0 Å². The molecule has 0 atom stereocenters. The summed E-state index contributed by atoms with van der Waals surface area (Å²) in [6.07, 6.45) is 9.88. The second-order valence-corrected chi connectivity index (χ2v) is 4.33. The van der Waals surface area contributed by atoms with Gasteiger partial charge in [0, 0.05) is 24.4 Å². The minimum absolute atomic E-state index is 0.943. The molecular formula is C12H15NO. The number of nitrogens with zero attached hydrogens (tertiary/aromatic N) is 1. The van der Waals surface area contributed by atoms with Crippen LogP contribution in [0.3, 0.4) is 0 Å². The van der Waals surface area contributed by atoms with Gasteiger partial charge >= 0.3 is 0 Å². The average Bonchev–Trinajstić information content (AvgIpc) is 2.72. The van der Waals surface area contributed by atoms with Crippen molar-refractivity contribution < 1.29 is 4.42 Å². The molecule has 3 saturated heterocycles. The predicted molar refractivity (Wildman–Crippen MR) is 55.6 cm³/mol. The Hall–Kier alpha value is -1.18. The lowest BCUT2D eigenvalue weighted by Crippen LogP contribution is -2.39. The van der Waals surface area contributed by atoms with Crippen molar-refractivity contribution in [3.8, 4) is 0 Å². The zero-order chi connectivity index (χ0) is 9.38. The Balaban J connectivity index is 1.85. The van der Waals surface area contributed by atoms with E-state index in [0.717, 1.165) is 5.92 Å². The van der Waals surface area contributed by atoms with E-state index in [9.17, 15) is 0 Å². The van der Waals surface area contributed by atoms with Crippen molar-refractivity contribution in [2.24, 2.45) is 5.92 Å². The minimum atomic E-state index is 0.943. The molecule has 2 heteroatoms. The van der Waals surface area contributed by atoms with Crippen molar-refractivity contribution in [2.75, 3.05) is 13.1 Å². The molecule has 0 N–H and O–H groups in total. The Morgan fingerprint density at radius 1 is 1.36 bits per heavy atom. The maximum absolute atomic E-state index is 5.07. The van der Waals surface area contributed by atoms with E-state index in [1.807, 2.05) is 12.3 Å². The first-order chi connectivity index (χ1) is 6.92. The normalized spacial score (nSPS) is 24.9. The van der Waals surface area contributed by atoms with Gasteiger partial charge in [-0.15, -0.1) is 0 Å². The molecule has 3 fully saturated rings. The molecule has 2 nitrogen and oxygen atoms in total. The van der Waals surface area contributed by atoms with E-state index in [-0.39, 0.29) is 0 Å². The van der Waals surface area contributed by atoms with Crippen LogP contribution in [0.25, 0.3) is 6.08 Å². The number of piperidine rings is 3. The van der Waals surface area contributed by atoms with Gasteiger partial charge in [-0.2, -0.15) is 0 Å². The fraction of sp³-hybridized carbons (Fsp3) is 0.500. The number of fused-ring (bicyclic) bond motifs is 3. The fourth-order valence-corrected chi connectivity index (χ4v) is 2.55. The zero-order valence-corrected chi connectivity index (χ0v) is 8.28. The van der Waals surface area contributed by atoms with Gasteiger partial charge in [-0.05, 0) is 37.3 Å². The molecule has 74 valence electrons. The lowest BCUT2D eigenvalue weighted by atomic mass is 9.86. The highest BCUT2D eigenvalue weighted by Crippen LogP contribution is 2.35. The summed E-state index contributed by atoms with van der Waals surface area (Å²) >= 11 is 0. The Morgan fingerprint density at radius 3 is 2.79 bits per heavy atom. The summed E-state index contributed by atoms with van der Waals surface area (Å²) in [5.41, 5.74) is 2.71. The topological polar surface area (TPSA) is 16.4 Å². The minimum Gasteiger partial charge on any atom is -0.472 e. The zero-order valence-electron chi connectivity index (χ0n) is 8.28.